The van der Waals surface area contributed by atoms with Crippen molar-refractivity contribution in [1.29, 1.82) is 0 Å². The minimum atomic E-state index is 0.0989. The SMILES string of the molecule is Cc1noc(C)c1CN1CCc2ccccc2C1=O. The fraction of sp³-hybridized carbons (Fsp3) is 0.333. The first kappa shape index (κ1) is 12.0. The maximum absolute atomic E-state index is 12.4. The van der Waals surface area contributed by atoms with E-state index in [2.05, 4.69) is 5.16 Å². The molecule has 0 bridgehead atoms. The molecule has 4 heteroatoms. The number of aryl methyl sites for hydroxylation is 2. The van der Waals surface area contributed by atoms with E-state index in [1.807, 2.05) is 43.0 Å². The van der Waals surface area contributed by atoms with Crippen LogP contribution in [0.25, 0.3) is 0 Å². The van der Waals surface area contributed by atoms with E-state index < -0.39 is 0 Å². The van der Waals surface area contributed by atoms with Gasteiger partial charge < -0.3 is 9.42 Å². The van der Waals surface area contributed by atoms with Crippen molar-refractivity contribution in [3.8, 4) is 0 Å². The second-order valence-electron chi connectivity index (χ2n) is 4.94. The largest absolute Gasteiger partial charge is 0.361 e. The number of amides is 1. The molecule has 1 aliphatic heterocycles. The summed E-state index contributed by atoms with van der Waals surface area (Å²) in [6.07, 6.45) is 0.908. The summed E-state index contributed by atoms with van der Waals surface area (Å²) in [5, 5.41) is 3.94. The van der Waals surface area contributed by atoms with Crippen LogP contribution in [0.4, 0.5) is 0 Å². The fourth-order valence-electron chi connectivity index (χ4n) is 2.54. The van der Waals surface area contributed by atoms with Gasteiger partial charge in [0.15, 0.2) is 0 Å². The molecule has 4 nitrogen and oxygen atoms in total. The van der Waals surface area contributed by atoms with Crippen molar-refractivity contribution in [3.63, 3.8) is 0 Å². The highest BCUT2D eigenvalue weighted by Gasteiger charge is 2.25. The molecule has 19 heavy (non-hydrogen) atoms. The summed E-state index contributed by atoms with van der Waals surface area (Å²) in [5.41, 5.74) is 3.85. The first-order chi connectivity index (χ1) is 9.16. The smallest absolute Gasteiger partial charge is 0.254 e. The summed E-state index contributed by atoms with van der Waals surface area (Å²) in [6.45, 7) is 5.13. The van der Waals surface area contributed by atoms with Crippen molar-refractivity contribution >= 4 is 5.91 Å². The Morgan fingerprint density at radius 1 is 1.32 bits per heavy atom. The first-order valence-corrected chi connectivity index (χ1v) is 6.45. The lowest BCUT2D eigenvalue weighted by molar-refractivity contribution is 0.0726. The Kier molecular flexibility index (Phi) is 2.85. The lowest BCUT2D eigenvalue weighted by Gasteiger charge is -2.28. The van der Waals surface area contributed by atoms with Crippen LogP contribution < -0.4 is 0 Å². The molecule has 2 heterocycles. The van der Waals surface area contributed by atoms with Crippen LogP contribution in [-0.4, -0.2) is 22.5 Å². The highest BCUT2D eigenvalue weighted by molar-refractivity contribution is 5.96. The predicted molar refractivity (Wildman–Crippen MR) is 70.9 cm³/mol. The van der Waals surface area contributed by atoms with Crippen LogP contribution in [-0.2, 0) is 13.0 Å². The normalized spacial score (nSPS) is 14.6. The Morgan fingerprint density at radius 3 is 2.84 bits per heavy atom. The van der Waals surface area contributed by atoms with Gasteiger partial charge in [0, 0.05) is 17.7 Å². The minimum absolute atomic E-state index is 0.0989. The van der Waals surface area contributed by atoms with Gasteiger partial charge in [-0.1, -0.05) is 23.4 Å². The standard InChI is InChI=1S/C15H16N2O2/c1-10-14(11(2)19-16-10)9-17-8-7-12-5-3-4-6-13(12)15(17)18/h3-6H,7-9H2,1-2H3. The third-order valence-electron chi connectivity index (χ3n) is 3.72. The molecule has 0 N–H and O–H groups in total. The van der Waals surface area contributed by atoms with Gasteiger partial charge in [0.2, 0.25) is 0 Å². The zero-order valence-electron chi connectivity index (χ0n) is 11.1. The number of carbonyl (C=O) groups excluding carboxylic acids is 1. The third kappa shape index (κ3) is 2.03. The molecule has 0 fully saturated rings. The molecule has 1 aromatic carbocycles. The maximum atomic E-state index is 12.4. The van der Waals surface area contributed by atoms with Crippen LogP contribution in [0.15, 0.2) is 28.8 Å². The van der Waals surface area contributed by atoms with Gasteiger partial charge in [-0.05, 0) is 31.9 Å². The van der Waals surface area contributed by atoms with Crippen molar-refractivity contribution in [2.75, 3.05) is 6.54 Å². The molecule has 3 rings (SSSR count). The molecule has 98 valence electrons. The summed E-state index contributed by atoms with van der Waals surface area (Å²) >= 11 is 0. The van der Waals surface area contributed by atoms with E-state index in [-0.39, 0.29) is 5.91 Å². The van der Waals surface area contributed by atoms with Crippen LogP contribution in [0.5, 0.6) is 0 Å². The minimum Gasteiger partial charge on any atom is -0.361 e. The lowest BCUT2D eigenvalue weighted by Crippen LogP contribution is -2.37. The summed E-state index contributed by atoms with van der Waals surface area (Å²) in [5.74, 6) is 0.894. The summed E-state index contributed by atoms with van der Waals surface area (Å²) in [7, 11) is 0. The molecule has 0 saturated heterocycles. The number of aromatic nitrogens is 1. The Balaban J connectivity index is 1.87. The monoisotopic (exact) mass is 256 g/mol. The van der Waals surface area contributed by atoms with E-state index in [0.717, 1.165) is 41.1 Å². The second kappa shape index (κ2) is 4.53. The van der Waals surface area contributed by atoms with Gasteiger partial charge in [-0.2, -0.15) is 0 Å². The molecule has 0 saturated carbocycles. The molecule has 0 unspecified atom stereocenters. The molecule has 1 aromatic heterocycles. The molecule has 0 aliphatic carbocycles. The summed E-state index contributed by atoms with van der Waals surface area (Å²) < 4.78 is 5.15. The van der Waals surface area contributed by atoms with Crippen LogP contribution >= 0.6 is 0 Å². The van der Waals surface area contributed by atoms with Gasteiger partial charge in [0.05, 0.1) is 12.2 Å². The third-order valence-corrected chi connectivity index (χ3v) is 3.72. The molecule has 1 aliphatic rings. The summed E-state index contributed by atoms with van der Waals surface area (Å²) in [6, 6.07) is 7.82. The Labute approximate surface area is 112 Å². The van der Waals surface area contributed by atoms with Crippen molar-refractivity contribution < 1.29 is 9.32 Å². The molecule has 0 radical (unpaired) electrons. The van der Waals surface area contributed by atoms with Crippen LogP contribution in [0.1, 0.15) is 32.9 Å². The van der Waals surface area contributed by atoms with E-state index in [0.29, 0.717) is 6.54 Å². The van der Waals surface area contributed by atoms with Crippen molar-refractivity contribution in [2.45, 2.75) is 26.8 Å². The van der Waals surface area contributed by atoms with E-state index in [4.69, 9.17) is 4.52 Å². The van der Waals surface area contributed by atoms with Gasteiger partial charge >= 0.3 is 0 Å². The average Bonchev–Trinajstić information content (AvgIpc) is 2.74. The lowest BCUT2D eigenvalue weighted by atomic mass is 9.98. The zero-order chi connectivity index (χ0) is 13.4. The van der Waals surface area contributed by atoms with Gasteiger partial charge in [-0.25, -0.2) is 0 Å². The quantitative estimate of drug-likeness (QED) is 0.829. The predicted octanol–water partition coefficient (Wildman–Crippen LogP) is 2.49. The van der Waals surface area contributed by atoms with Crippen molar-refractivity contribution in [2.24, 2.45) is 0 Å². The number of fused-ring (bicyclic) bond motifs is 1. The van der Waals surface area contributed by atoms with E-state index in [9.17, 15) is 4.79 Å². The van der Waals surface area contributed by atoms with E-state index >= 15 is 0 Å². The molecule has 1 amide bonds. The summed E-state index contributed by atoms with van der Waals surface area (Å²) in [4.78, 5) is 14.3. The topological polar surface area (TPSA) is 46.3 Å². The van der Waals surface area contributed by atoms with Crippen LogP contribution in [0, 0.1) is 13.8 Å². The number of hydrogen-bond donors (Lipinski definition) is 0. The van der Waals surface area contributed by atoms with Crippen molar-refractivity contribution in [1.82, 2.24) is 10.1 Å². The van der Waals surface area contributed by atoms with Gasteiger partial charge in [-0.3, -0.25) is 4.79 Å². The number of carbonyl (C=O) groups is 1. The maximum Gasteiger partial charge on any atom is 0.254 e. The van der Waals surface area contributed by atoms with Crippen LogP contribution in [0.3, 0.4) is 0 Å². The fourth-order valence-corrected chi connectivity index (χ4v) is 2.54. The van der Waals surface area contributed by atoms with Crippen molar-refractivity contribution in [3.05, 3.63) is 52.4 Å². The highest BCUT2D eigenvalue weighted by Crippen LogP contribution is 2.22. The number of nitrogens with zero attached hydrogens (tertiary/aromatic N) is 2. The van der Waals surface area contributed by atoms with E-state index in [1.54, 1.807) is 0 Å². The number of rotatable bonds is 2. The van der Waals surface area contributed by atoms with Gasteiger partial charge in [0.1, 0.15) is 5.76 Å². The van der Waals surface area contributed by atoms with Gasteiger partial charge in [-0.15, -0.1) is 0 Å². The molecule has 0 atom stereocenters. The first-order valence-electron chi connectivity index (χ1n) is 6.45. The molecular weight excluding hydrogens is 240 g/mol. The molecule has 2 aromatic rings. The zero-order valence-corrected chi connectivity index (χ0v) is 11.1. The highest BCUT2D eigenvalue weighted by atomic mass is 16.5. The molecule has 0 spiro atoms. The average molecular weight is 256 g/mol. The number of hydrogen-bond acceptors (Lipinski definition) is 3. The second-order valence-corrected chi connectivity index (χ2v) is 4.94. The number of benzene rings is 1. The molecular formula is C15H16N2O2. The van der Waals surface area contributed by atoms with E-state index in [1.165, 1.54) is 0 Å². The Bertz CT molecular complexity index is 611. The Hall–Kier alpha value is -2.10. The Morgan fingerprint density at radius 2 is 2.11 bits per heavy atom. The van der Waals surface area contributed by atoms with Crippen LogP contribution in [0.2, 0.25) is 0 Å². The van der Waals surface area contributed by atoms with Gasteiger partial charge in [0.25, 0.3) is 5.91 Å².